The molecule has 1 saturated heterocycles. The van der Waals surface area contributed by atoms with Crippen LogP contribution < -0.4 is 14.8 Å². The first kappa shape index (κ1) is 21.4. The number of aromatic nitrogens is 4. The average Bonchev–Trinajstić information content (AvgIpc) is 3.60. The van der Waals surface area contributed by atoms with Gasteiger partial charge in [0, 0.05) is 17.8 Å². The Balaban J connectivity index is 1.33. The van der Waals surface area contributed by atoms with Crippen molar-refractivity contribution in [2.45, 2.75) is 18.3 Å². The van der Waals surface area contributed by atoms with Crippen molar-refractivity contribution in [3.63, 3.8) is 0 Å². The van der Waals surface area contributed by atoms with Gasteiger partial charge in [0.25, 0.3) is 0 Å². The summed E-state index contributed by atoms with van der Waals surface area (Å²) >= 11 is 0. The van der Waals surface area contributed by atoms with Crippen molar-refractivity contribution in [3.8, 4) is 28.4 Å². The minimum absolute atomic E-state index is 0.170. The van der Waals surface area contributed by atoms with Crippen LogP contribution in [0.3, 0.4) is 0 Å². The van der Waals surface area contributed by atoms with E-state index in [1.807, 2.05) is 54.9 Å². The van der Waals surface area contributed by atoms with Gasteiger partial charge in [-0.25, -0.2) is 4.98 Å². The zero-order chi connectivity index (χ0) is 23.7. The third kappa shape index (κ3) is 4.04. The molecule has 3 aromatic carbocycles. The third-order valence-electron chi connectivity index (χ3n) is 6.93. The molecule has 3 heterocycles. The fourth-order valence-corrected chi connectivity index (χ4v) is 4.96. The number of piperidine rings is 1. The molecule has 35 heavy (non-hydrogen) atoms. The van der Waals surface area contributed by atoms with Crippen LogP contribution in [-0.4, -0.2) is 40.4 Å². The average molecular weight is 466 g/mol. The first-order valence-electron chi connectivity index (χ1n) is 11.9. The number of H-pyrrole nitrogens is 2. The van der Waals surface area contributed by atoms with Crippen LogP contribution in [0.4, 0.5) is 0 Å². The maximum absolute atomic E-state index is 6.08. The Hall–Kier alpha value is -4.10. The monoisotopic (exact) mass is 465 g/mol. The zero-order valence-corrected chi connectivity index (χ0v) is 19.5. The highest BCUT2D eigenvalue weighted by atomic mass is 16.5. The Morgan fingerprint density at radius 2 is 1.57 bits per heavy atom. The predicted molar refractivity (Wildman–Crippen MR) is 136 cm³/mol. The molecule has 0 spiro atoms. The highest BCUT2D eigenvalue weighted by Gasteiger charge is 2.38. The van der Waals surface area contributed by atoms with Crippen molar-refractivity contribution in [2.75, 3.05) is 20.2 Å². The van der Waals surface area contributed by atoms with Crippen molar-refractivity contribution in [1.29, 1.82) is 0 Å². The van der Waals surface area contributed by atoms with Gasteiger partial charge in [0.2, 0.25) is 0 Å². The smallest absolute Gasteiger partial charge is 0.129 e. The Kier molecular flexibility index (Phi) is 5.47. The SMILES string of the molecule is COc1ccc(Oc2ccc3nc(C4(c5ccc(-c6cn[nH]c6)cc5)CCNCC4)[nH]c3c2)cc1. The first-order chi connectivity index (χ1) is 17.2. The molecule has 0 aliphatic carbocycles. The van der Waals surface area contributed by atoms with Gasteiger partial charge >= 0.3 is 0 Å². The zero-order valence-electron chi connectivity index (χ0n) is 19.5. The third-order valence-corrected chi connectivity index (χ3v) is 6.93. The molecule has 1 fully saturated rings. The van der Waals surface area contributed by atoms with E-state index in [9.17, 15) is 0 Å². The van der Waals surface area contributed by atoms with Crippen molar-refractivity contribution < 1.29 is 9.47 Å². The molecule has 0 saturated carbocycles. The number of ether oxygens (including phenoxy) is 2. The van der Waals surface area contributed by atoms with Gasteiger partial charge in [0.05, 0.1) is 29.8 Å². The van der Waals surface area contributed by atoms with Crippen molar-refractivity contribution in [3.05, 3.63) is 90.5 Å². The summed E-state index contributed by atoms with van der Waals surface area (Å²) in [5.74, 6) is 3.34. The summed E-state index contributed by atoms with van der Waals surface area (Å²) in [5, 5.41) is 10.5. The maximum Gasteiger partial charge on any atom is 0.129 e. The molecule has 0 amide bonds. The van der Waals surface area contributed by atoms with Gasteiger partial charge in [-0.15, -0.1) is 0 Å². The number of benzene rings is 3. The highest BCUT2D eigenvalue weighted by Crippen LogP contribution is 2.40. The molecule has 176 valence electrons. The van der Waals surface area contributed by atoms with E-state index >= 15 is 0 Å². The normalized spacial score (nSPS) is 15.2. The van der Waals surface area contributed by atoms with Crippen LogP contribution in [0.25, 0.3) is 22.2 Å². The molecule has 0 bridgehead atoms. The van der Waals surface area contributed by atoms with Gasteiger partial charge in [-0.1, -0.05) is 24.3 Å². The topological polar surface area (TPSA) is 87.8 Å². The standard InChI is InChI=1S/C28H27N5O2/c1-34-22-6-8-23(9-7-22)35-24-10-11-25-26(16-24)33-27(32-25)28(12-14-29-15-13-28)21-4-2-19(3-5-21)20-17-30-31-18-20/h2-11,16-18,29H,12-15H2,1H3,(H,30,31)(H,32,33). The van der Waals surface area contributed by atoms with Crippen LogP contribution in [0.5, 0.6) is 17.2 Å². The van der Waals surface area contributed by atoms with Crippen LogP contribution in [0.2, 0.25) is 0 Å². The molecule has 2 aromatic heterocycles. The number of hydrogen-bond acceptors (Lipinski definition) is 5. The largest absolute Gasteiger partial charge is 0.497 e. The maximum atomic E-state index is 6.08. The number of nitrogens with zero attached hydrogens (tertiary/aromatic N) is 2. The lowest BCUT2D eigenvalue weighted by Crippen LogP contribution is -2.41. The molecule has 6 rings (SSSR count). The minimum Gasteiger partial charge on any atom is -0.497 e. The second kappa shape index (κ2) is 8.92. The summed E-state index contributed by atoms with van der Waals surface area (Å²) in [6, 6.07) is 22.4. The van der Waals surface area contributed by atoms with E-state index in [-0.39, 0.29) is 5.41 Å². The van der Waals surface area contributed by atoms with Gasteiger partial charge in [-0.05, 0) is 73.5 Å². The quantitative estimate of drug-likeness (QED) is 0.312. The molecular formula is C28H27N5O2. The van der Waals surface area contributed by atoms with Crippen LogP contribution in [0.1, 0.15) is 24.2 Å². The number of methoxy groups -OCH3 is 1. The Bertz CT molecular complexity index is 1420. The number of imidazole rings is 1. The molecular weight excluding hydrogens is 438 g/mol. The van der Waals surface area contributed by atoms with Crippen molar-refractivity contribution >= 4 is 11.0 Å². The second-order valence-electron chi connectivity index (χ2n) is 8.94. The molecule has 7 heteroatoms. The lowest BCUT2D eigenvalue weighted by Gasteiger charge is -2.36. The molecule has 0 unspecified atom stereocenters. The summed E-state index contributed by atoms with van der Waals surface area (Å²) in [6.45, 7) is 1.90. The number of rotatable bonds is 6. The van der Waals surface area contributed by atoms with Gasteiger partial charge in [-0.3, -0.25) is 5.10 Å². The lowest BCUT2D eigenvalue weighted by atomic mass is 9.72. The first-order valence-corrected chi connectivity index (χ1v) is 11.9. The molecule has 0 radical (unpaired) electrons. The fraction of sp³-hybridized carbons (Fsp3) is 0.214. The van der Waals surface area contributed by atoms with E-state index < -0.39 is 0 Å². The molecule has 0 atom stereocenters. The van der Waals surface area contributed by atoms with Crippen LogP contribution in [0.15, 0.2) is 79.1 Å². The molecule has 5 aromatic rings. The van der Waals surface area contributed by atoms with E-state index in [2.05, 4.69) is 44.8 Å². The minimum atomic E-state index is -0.170. The Morgan fingerprint density at radius 1 is 0.829 bits per heavy atom. The number of hydrogen-bond donors (Lipinski definition) is 3. The number of aromatic amines is 2. The van der Waals surface area contributed by atoms with Gasteiger partial charge < -0.3 is 19.8 Å². The van der Waals surface area contributed by atoms with Gasteiger partial charge in [0.15, 0.2) is 0 Å². The summed E-state index contributed by atoms with van der Waals surface area (Å²) in [7, 11) is 1.66. The molecule has 1 aliphatic heterocycles. The van der Waals surface area contributed by atoms with Crippen molar-refractivity contribution in [2.24, 2.45) is 0 Å². The summed E-state index contributed by atoms with van der Waals surface area (Å²) in [6.07, 6.45) is 5.72. The molecule has 7 nitrogen and oxygen atoms in total. The van der Waals surface area contributed by atoms with E-state index in [4.69, 9.17) is 14.5 Å². The highest BCUT2D eigenvalue weighted by molar-refractivity contribution is 5.77. The number of fused-ring (bicyclic) bond motifs is 1. The number of nitrogens with one attached hydrogen (secondary N) is 3. The second-order valence-corrected chi connectivity index (χ2v) is 8.94. The van der Waals surface area contributed by atoms with Crippen LogP contribution in [0, 0.1) is 0 Å². The summed E-state index contributed by atoms with van der Waals surface area (Å²) in [4.78, 5) is 8.69. The molecule has 1 aliphatic rings. The Labute approximate surface area is 203 Å². The van der Waals surface area contributed by atoms with Gasteiger partial charge in [-0.2, -0.15) is 5.10 Å². The summed E-state index contributed by atoms with van der Waals surface area (Å²) in [5.41, 5.74) is 5.26. The van der Waals surface area contributed by atoms with Gasteiger partial charge in [0.1, 0.15) is 23.1 Å². The van der Waals surface area contributed by atoms with Crippen LogP contribution >= 0.6 is 0 Å². The van der Waals surface area contributed by atoms with Crippen LogP contribution in [-0.2, 0) is 5.41 Å². The molecule has 3 N–H and O–H groups in total. The Morgan fingerprint density at radius 3 is 2.29 bits per heavy atom. The lowest BCUT2D eigenvalue weighted by molar-refractivity contribution is 0.348. The van der Waals surface area contributed by atoms with E-state index in [0.29, 0.717) is 0 Å². The fourth-order valence-electron chi connectivity index (χ4n) is 4.96. The van der Waals surface area contributed by atoms with Crippen molar-refractivity contribution in [1.82, 2.24) is 25.5 Å². The van der Waals surface area contributed by atoms with E-state index in [1.54, 1.807) is 7.11 Å². The summed E-state index contributed by atoms with van der Waals surface area (Å²) < 4.78 is 11.3. The predicted octanol–water partition coefficient (Wildman–Crippen LogP) is 5.42. The van der Waals surface area contributed by atoms with E-state index in [0.717, 1.165) is 71.2 Å². The van der Waals surface area contributed by atoms with E-state index in [1.165, 1.54) is 5.56 Å².